The first-order valence-electron chi connectivity index (χ1n) is 8.73. The van der Waals surface area contributed by atoms with E-state index in [9.17, 15) is 0 Å². The number of rotatable bonds is 7. The van der Waals surface area contributed by atoms with Gasteiger partial charge in [-0.05, 0) is 28.7 Å². The number of allylic oxidation sites excluding steroid dienone is 2. The Kier molecular flexibility index (Phi) is 4.52. The van der Waals surface area contributed by atoms with E-state index in [1.54, 1.807) is 0 Å². The van der Waals surface area contributed by atoms with Crippen LogP contribution in [0, 0.1) is 5.41 Å². The van der Waals surface area contributed by atoms with Crippen molar-refractivity contribution in [3.63, 3.8) is 0 Å². The van der Waals surface area contributed by atoms with Crippen molar-refractivity contribution in [2.75, 3.05) is 0 Å². The largest absolute Gasteiger partial charge is 0.102 e. The zero-order valence-corrected chi connectivity index (χ0v) is 14.1. The summed E-state index contributed by atoms with van der Waals surface area (Å²) in [6.45, 7) is 10.7. The molecule has 0 heteroatoms. The molecule has 0 aromatic heterocycles. The number of benzene rings is 2. The zero-order chi connectivity index (χ0) is 16.3. The van der Waals surface area contributed by atoms with Gasteiger partial charge < -0.3 is 0 Å². The van der Waals surface area contributed by atoms with Crippen LogP contribution in [0.2, 0.25) is 0 Å². The maximum absolute atomic E-state index is 4.20. The highest BCUT2D eigenvalue weighted by Gasteiger charge is 2.40. The predicted octanol–water partition coefficient (Wildman–Crippen LogP) is 6.74. The van der Waals surface area contributed by atoms with Gasteiger partial charge in [-0.25, -0.2) is 0 Å². The maximum Gasteiger partial charge on any atom is 0.0227 e. The van der Waals surface area contributed by atoms with Crippen LogP contribution in [0.25, 0.3) is 11.1 Å². The smallest absolute Gasteiger partial charge is 0.0227 e. The maximum atomic E-state index is 4.20. The summed E-state index contributed by atoms with van der Waals surface area (Å²) in [4.78, 5) is 0. The van der Waals surface area contributed by atoms with Crippen LogP contribution in [0.3, 0.4) is 0 Å². The fourth-order valence-electron chi connectivity index (χ4n) is 4.08. The minimum absolute atomic E-state index is 0.0716. The third-order valence-corrected chi connectivity index (χ3v) is 5.34. The van der Waals surface area contributed by atoms with Crippen LogP contribution >= 0.6 is 0 Å². The Morgan fingerprint density at radius 2 is 1.39 bits per heavy atom. The number of hydrogen-bond acceptors (Lipinski definition) is 0. The molecule has 1 aliphatic rings. The normalized spacial score (nSPS) is 13.4. The van der Waals surface area contributed by atoms with E-state index in [2.05, 4.69) is 80.8 Å². The minimum Gasteiger partial charge on any atom is -0.102 e. The second kappa shape index (κ2) is 6.58. The molecule has 0 bridgehead atoms. The molecule has 0 saturated carbocycles. The van der Waals surface area contributed by atoms with Crippen molar-refractivity contribution < 1.29 is 0 Å². The van der Waals surface area contributed by atoms with Gasteiger partial charge in [0.05, 0.1) is 0 Å². The van der Waals surface area contributed by atoms with Crippen molar-refractivity contribution in [2.45, 2.75) is 38.5 Å². The SMILES string of the molecule is C=CC(C=C)(CCCCC)C1c2ccccc2-c2ccccc21. The number of fused-ring (bicyclic) bond motifs is 3. The number of unbranched alkanes of at least 4 members (excludes halogenated alkanes) is 2. The lowest BCUT2D eigenvalue weighted by Gasteiger charge is -2.35. The predicted molar refractivity (Wildman–Crippen MR) is 101 cm³/mol. The molecular formula is C23H26. The van der Waals surface area contributed by atoms with Gasteiger partial charge in [-0.15, -0.1) is 13.2 Å². The molecule has 2 aromatic carbocycles. The summed E-state index contributed by atoms with van der Waals surface area (Å²) in [5, 5.41) is 0. The molecule has 118 valence electrons. The lowest BCUT2D eigenvalue weighted by molar-refractivity contribution is 0.383. The Bertz CT molecular complexity index is 654. The molecule has 0 nitrogen and oxygen atoms in total. The molecule has 0 heterocycles. The topological polar surface area (TPSA) is 0 Å². The Morgan fingerprint density at radius 1 is 0.870 bits per heavy atom. The standard InChI is InChI=1S/C23H26/c1-4-7-12-17-23(5-2,6-3)22-20-15-10-8-13-18(20)19-14-9-11-16-21(19)22/h5-6,8-11,13-16,22H,2-4,7,12,17H2,1H3. The molecule has 3 rings (SSSR count). The van der Waals surface area contributed by atoms with E-state index in [-0.39, 0.29) is 5.41 Å². The summed E-state index contributed by atoms with van der Waals surface area (Å²) in [5.41, 5.74) is 5.51. The second-order valence-electron chi connectivity index (χ2n) is 6.59. The van der Waals surface area contributed by atoms with E-state index in [0.29, 0.717) is 5.92 Å². The second-order valence-corrected chi connectivity index (χ2v) is 6.59. The van der Waals surface area contributed by atoms with Crippen molar-refractivity contribution in [1.29, 1.82) is 0 Å². The van der Waals surface area contributed by atoms with Crippen molar-refractivity contribution >= 4 is 0 Å². The van der Waals surface area contributed by atoms with Gasteiger partial charge in [0.1, 0.15) is 0 Å². The Labute approximate surface area is 140 Å². The summed E-state index contributed by atoms with van der Waals surface area (Å²) in [6, 6.07) is 17.6. The van der Waals surface area contributed by atoms with Gasteiger partial charge >= 0.3 is 0 Å². The first-order chi connectivity index (χ1) is 11.3. The molecule has 0 fully saturated rings. The summed E-state index contributed by atoms with van der Waals surface area (Å²) in [5.74, 6) is 0.335. The van der Waals surface area contributed by atoms with Crippen LogP contribution in [-0.2, 0) is 0 Å². The van der Waals surface area contributed by atoms with Gasteiger partial charge in [-0.1, -0.05) is 86.9 Å². The van der Waals surface area contributed by atoms with Crippen molar-refractivity contribution in [1.82, 2.24) is 0 Å². The quantitative estimate of drug-likeness (QED) is 0.392. The Hall–Kier alpha value is -2.08. The van der Waals surface area contributed by atoms with E-state index in [4.69, 9.17) is 0 Å². The fourth-order valence-corrected chi connectivity index (χ4v) is 4.08. The third kappa shape index (κ3) is 2.57. The highest BCUT2D eigenvalue weighted by Crippen LogP contribution is 2.55. The molecule has 0 N–H and O–H groups in total. The van der Waals surface area contributed by atoms with Gasteiger partial charge in [0, 0.05) is 11.3 Å². The van der Waals surface area contributed by atoms with Crippen molar-refractivity contribution in [3.8, 4) is 11.1 Å². The van der Waals surface area contributed by atoms with E-state index in [0.717, 1.165) is 6.42 Å². The van der Waals surface area contributed by atoms with Crippen molar-refractivity contribution in [2.24, 2.45) is 5.41 Å². The zero-order valence-electron chi connectivity index (χ0n) is 14.1. The molecule has 0 aliphatic heterocycles. The molecule has 1 aliphatic carbocycles. The van der Waals surface area contributed by atoms with Crippen LogP contribution < -0.4 is 0 Å². The van der Waals surface area contributed by atoms with Gasteiger partial charge in [-0.2, -0.15) is 0 Å². The Morgan fingerprint density at radius 3 is 1.87 bits per heavy atom. The van der Waals surface area contributed by atoms with Crippen LogP contribution in [0.1, 0.15) is 49.7 Å². The van der Waals surface area contributed by atoms with E-state index in [1.807, 2.05) is 0 Å². The Balaban J connectivity index is 2.13. The average molecular weight is 302 g/mol. The van der Waals surface area contributed by atoms with E-state index < -0.39 is 0 Å². The molecular weight excluding hydrogens is 276 g/mol. The molecule has 0 radical (unpaired) electrons. The monoisotopic (exact) mass is 302 g/mol. The summed E-state index contributed by atoms with van der Waals surface area (Å²) < 4.78 is 0. The highest BCUT2D eigenvalue weighted by atomic mass is 14.4. The minimum atomic E-state index is -0.0716. The average Bonchev–Trinajstić information content (AvgIpc) is 2.95. The van der Waals surface area contributed by atoms with Crippen LogP contribution in [-0.4, -0.2) is 0 Å². The van der Waals surface area contributed by atoms with Gasteiger partial charge in [0.25, 0.3) is 0 Å². The first kappa shape index (κ1) is 15.8. The lowest BCUT2D eigenvalue weighted by atomic mass is 9.68. The van der Waals surface area contributed by atoms with E-state index >= 15 is 0 Å². The van der Waals surface area contributed by atoms with Gasteiger partial charge in [-0.3, -0.25) is 0 Å². The molecule has 23 heavy (non-hydrogen) atoms. The summed E-state index contributed by atoms with van der Waals surface area (Å²) in [6.07, 6.45) is 9.11. The number of hydrogen-bond donors (Lipinski definition) is 0. The molecule has 0 atom stereocenters. The molecule has 0 unspecified atom stereocenters. The first-order valence-corrected chi connectivity index (χ1v) is 8.73. The fraction of sp³-hybridized carbons (Fsp3) is 0.304. The summed E-state index contributed by atoms with van der Waals surface area (Å²) >= 11 is 0. The van der Waals surface area contributed by atoms with Crippen molar-refractivity contribution in [3.05, 3.63) is 85.0 Å². The highest BCUT2D eigenvalue weighted by molar-refractivity contribution is 5.79. The van der Waals surface area contributed by atoms with Crippen LogP contribution in [0.5, 0.6) is 0 Å². The van der Waals surface area contributed by atoms with Crippen LogP contribution in [0.4, 0.5) is 0 Å². The van der Waals surface area contributed by atoms with Crippen LogP contribution in [0.15, 0.2) is 73.8 Å². The van der Waals surface area contributed by atoms with Gasteiger partial charge in [0.15, 0.2) is 0 Å². The van der Waals surface area contributed by atoms with E-state index in [1.165, 1.54) is 41.5 Å². The molecule has 2 aromatic rings. The summed E-state index contributed by atoms with van der Waals surface area (Å²) in [7, 11) is 0. The molecule has 0 amide bonds. The van der Waals surface area contributed by atoms with Gasteiger partial charge in [0.2, 0.25) is 0 Å². The third-order valence-electron chi connectivity index (χ3n) is 5.34. The molecule has 0 saturated heterocycles. The lowest BCUT2D eigenvalue weighted by Crippen LogP contribution is -2.24. The molecule has 0 spiro atoms.